The first-order valence-corrected chi connectivity index (χ1v) is 12.5. The Morgan fingerprint density at radius 1 is 1.21 bits per heavy atom. The number of anilines is 1. The van der Waals surface area contributed by atoms with E-state index in [1.807, 2.05) is 48.7 Å². The van der Waals surface area contributed by atoms with Gasteiger partial charge in [-0.1, -0.05) is 44.0 Å². The van der Waals surface area contributed by atoms with Gasteiger partial charge in [0.05, 0.1) is 19.2 Å². The van der Waals surface area contributed by atoms with Crippen molar-refractivity contribution in [3.63, 3.8) is 0 Å². The lowest BCUT2D eigenvalue weighted by Crippen LogP contribution is -2.39. The van der Waals surface area contributed by atoms with Gasteiger partial charge in [-0.2, -0.15) is 0 Å². The number of methoxy groups -OCH3 is 1. The first-order chi connectivity index (χ1) is 16.5. The number of benzene rings is 1. The fourth-order valence-corrected chi connectivity index (χ4v) is 4.95. The number of ether oxygens (including phenoxy) is 1. The number of rotatable bonds is 11. The van der Waals surface area contributed by atoms with Gasteiger partial charge in [0.25, 0.3) is 0 Å². The van der Waals surface area contributed by atoms with Crippen molar-refractivity contribution in [3.8, 4) is 28.3 Å². The highest BCUT2D eigenvalue weighted by Gasteiger charge is 2.39. The van der Waals surface area contributed by atoms with E-state index in [0.717, 1.165) is 48.1 Å². The third-order valence-corrected chi connectivity index (χ3v) is 6.82. The molecule has 1 amide bonds. The Balaban J connectivity index is 1.64. The molecule has 178 valence electrons. The fourth-order valence-electron chi connectivity index (χ4n) is 4.05. The van der Waals surface area contributed by atoms with Crippen LogP contribution in [0.15, 0.2) is 48.0 Å². The summed E-state index contributed by atoms with van der Waals surface area (Å²) in [5.41, 5.74) is 3.68. The average molecular weight is 480 g/mol. The maximum absolute atomic E-state index is 13.5. The molecule has 1 atom stereocenters. The van der Waals surface area contributed by atoms with Crippen LogP contribution in [0.3, 0.4) is 0 Å². The quantitative estimate of drug-likeness (QED) is 0.382. The topological polar surface area (TPSA) is 92.6 Å². The molecule has 4 rings (SSSR count). The lowest BCUT2D eigenvalue weighted by Gasteiger charge is -2.24. The number of carboxylic acids is 1. The monoisotopic (exact) mass is 479 g/mol. The summed E-state index contributed by atoms with van der Waals surface area (Å²) in [6, 6.07) is 11.9. The van der Waals surface area contributed by atoms with Gasteiger partial charge in [0.2, 0.25) is 11.8 Å². The van der Waals surface area contributed by atoms with E-state index in [9.17, 15) is 14.7 Å². The molecule has 1 aliphatic carbocycles. The highest BCUT2D eigenvalue weighted by Crippen LogP contribution is 2.39. The smallest absolute Gasteiger partial charge is 0.304 e. The van der Waals surface area contributed by atoms with Crippen LogP contribution in [0.25, 0.3) is 22.4 Å². The second kappa shape index (κ2) is 10.8. The SMILES string of the molecule is CCCCC(CC(=O)O)C(=O)N(c1nc(-c2ccccc2-c2ccc(OC)nc2)cs1)C1CC1. The zero-order chi connectivity index (χ0) is 24.1. The molecule has 1 aromatic carbocycles. The summed E-state index contributed by atoms with van der Waals surface area (Å²) in [5, 5.41) is 12.0. The number of hydrogen-bond donors (Lipinski definition) is 1. The molecule has 0 spiro atoms. The second-order valence-corrected chi connectivity index (χ2v) is 9.36. The molecule has 1 unspecified atom stereocenters. The second-order valence-electron chi connectivity index (χ2n) is 8.53. The summed E-state index contributed by atoms with van der Waals surface area (Å²) in [6.07, 6.45) is 5.80. The summed E-state index contributed by atoms with van der Waals surface area (Å²) in [7, 11) is 1.59. The van der Waals surface area contributed by atoms with E-state index in [1.54, 1.807) is 18.2 Å². The van der Waals surface area contributed by atoms with Crippen molar-refractivity contribution >= 4 is 28.3 Å². The molecule has 2 heterocycles. The molecule has 8 heteroatoms. The number of aliphatic carboxylic acids is 1. The number of unbranched alkanes of at least 4 members (excludes halogenated alkanes) is 1. The maximum Gasteiger partial charge on any atom is 0.304 e. The van der Waals surface area contributed by atoms with Crippen LogP contribution in [-0.2, 0) is 9.59 Å². The predicted octanol–water partition coefficient (Wildman–Crippen LogP) is 5.66. The van der Waals surface area contributed by atoms with Gasteiger partial charge in [-0.3, -0.25) is 14.5 Å². The van der Waals surface area contributed by atoms with Crippen LogP contribution < -0.4 is 9.64 Å². The van der Waals surface area contributed by atoms with Crippen molar-refractivity contribution in [2.24, 2.45) is 5.92 Å². The van der Waals surface area contributed by atoms with Gasteiger partial charge >= 0.3 is 5.97 Å². The highest BCUT2D eigenvalue weighted by molar-refractivity contribution is 7.14. The third-order valence-electron chi connectivity index (χ3n) is 5.98. The number of amides is 1. The Morgan fingerprint density at radius 3 is 2.59 bits per heavy atom. The summed E-state index contributed by atoms with van der Waals surface area (Å²) in [6.45, 7) is 2.05. The lowest BCUT2D eigenvalue weighted by molar-refractivity contribution is -0.140. The molecule has 1 fully saturated rings. The van der Waals surface area contributed by atoms with Gasteiger partial charge in [-0.05, 0) is 30.9 Å². The molecule has 2 aromatic heterocycles. The Labute approximate surface area is 203 Å². The molecule has 3 aromatic rings. The number of carboxylic acid groups (broad SMARTS) is 1. The maximum atomic E-state index is 13.5. The normalized spacial score (nSPS) is 13.9. The van der Waals surface area contributed by atoms with Gasteiger partial charge < -0.3 is 9.84 Å². The molecule has 1 saturated carbocycles. The van der Waals surface area contributed by atoms with Gasteiger partial charge in [-0.15, -0.1) is 11.3 Å². The van der Waals surface area contributed by atoms with Crippen LogP contribution in [-0.4, -0.2) is 40.1 Å². The molecule has 7 nitrogen and oxygen atoms in total. The van der Waals surface area contributed by atoms with E-state index in [4.69, 9.17) is 9.72 Å². The zero-order valence-corrected chi connectivity index (χ0v) is 20.3. The number of aromatic nitrogens is 2. The molecule has 1 aliphatic rings. The van der Waals surface area contributed by atoms with Crippen LogP contribution in [0, 0.1) is 5.92 Å². The third kappa shape index (κ3) is 5.44. The molecule has 34 heavy (non-hydrogen) atoms. The van der Waals surface area contributed by atoms with E-state index >= 15 is 0 Å². The van der Waals surface area contributed by atoms with Crippen LogP contribution >= 0.6 is 11.3 Å². The minimum Gasteiger partial charge on any atom is -0.481 e. The zero-order valence-electron chi connectivity index (χ0n) is 19.4. The molecular formula is C26H29N3O4S. The minimum atomic E-state index is -0.938. The van der Waals surface area contributed by atoms with Crippen molar-refractivity contribution in [1.82, 2.24) is 9.97 Å². The fraction of sp³-hybridized carbons (Fsp3) is 0.385. The largest absolute Gasteiger partial charge is 0.481 e. The van der Waals surface area contributed by atoms with E-state index in [1.165, 1.54) is 11.3 Å². The van der Waals surface area contributed by atoms with Crippen LogP contribution in [0.1, 0.15) is 45.4 Å². The molecule has 0 saturated heterocycles. The Kier molecular flexibility index (Phi) is 7.57. The van der Waals surface area contributed by atoms with Gasteiger partial charge in [0.1, 0.15) is 0 Å². The van der Waals surface area contributed by atoms with Crippen LogP contribution in [0.4, 0.5) is 5.13 Å². The van der Waals surface area contributed by atoms with Gasteiger partial charge in [0.15, 0.2) is 5.13 Å². The predicted molar refractivity (Wildman–Crippen MR) is 133 cm³/mol. The molecule has 1 N–H and O–H groups in total. The van der Waals surface area contributed by atoms with E-state index in [2.05, 4.69) is 4.98 Å². The van der Waals surface area contributed by atoms with E-state index in [0.29, 0.717) is 17.4 Å². The summed E-state index contributed by atoms with van der Waals surface area (Å²) < 4.78 is 5.17. The van der Waals surface area contributed by atoms with Crippen molar-refractivity contribution in [3.05, 3.63) is 48.0 Å². The number of nitrogens with zero attached hydrogens (tertiary/aromatic N) is 3. The molecule has 0 radical (unpaired) electrons. The first kappa shape index (κ1) is 23.9. The van der Waals surface area contributed by atoms with Gasteiger partial charge in [-0.25, -0.2) is 9.97 Å². The lowest BCUT2D eigenvalue weighted by atomic mass is 9.97. The molecular weight excluding hydrogens is 450 g/mol. The van der Waals surface area contributed by atoms with E-state index < -0.39 is 11.9 Å². The van der Waals surface area contributed by atoms with Crippen molar-refractivity contribution in [2.75, 3.05) is 12.0 Å². The summed E-state index contributed by atoms with van der Waals surface area (Å²) >= 11 is 1.43. The van der Waals surface area contributed by atoms with Crippen LogP contribution in [0.5, 0.6) is 5.88 Å². The minimum absolute atomic E-state index is 0.102. The Bertz CT molecular complexity index is 1140. The summed E-state index contributed by atoms with van der Waals surface area (Å²) in [5.74, 6) is -1.03. The standard InChI is InChI=1S/C26H29N3O4S/c1-3-4-7-17(14-24(30)31)25(32)29(19-11-12-19)26-28-22(16-34-26)21-9-6-5-8-20(21)18-10-13-23(33-2)27-15-18/h5-6,8-10,13,15-17,19H,3-4,7,11-12,14H2,1-2H3,(H,30,31). The number of carbonyl (C=O) groups excluding carboxylic acids is 1. The highest BCUT2D eigenvalue weighted by atomic mass is 32.1. The number of carbonyl (C=O) groups is 2. The van der Waals surface area contributed by atoms with Crippen molar-refractivity contribution < 1.29 is 19.4 Å². The molecule has 0 aliphatic heterocycles. The number of hydrogen-bond acceptors (Lipinski definition) is 6. The van der Waals surface area contributed by atoms with Crippen LogP contribution in [0.2, 0.25) is 0 Å². The number of thiazole rings is 1. The first-order valence-electron chi connectivity index (χ1n) is 11.6. The van der Waals surface area contributed by atoms with Crippen molar-refractivity contribution in [1.29, 1.82) is 0 Å². The Hall–Kier alpha value is -3.26. The summed E-state index contributed by atoms with van der Waals surface area (Å²) in [4.78, 5) is 35.8. The van der Waals surface area contributed by atoms with Gasteiger partial charge in [0, 0.05) is 40.7 Å². The Morgan fingerprint density at radius 2 is 1.97 bits per heavy atom. The van der Waals surface area contributed by atoms with E-state index in [-0.39, 0.29) is 18.4 Å². The van der Waals surface area contributed by atoms with Crippen molar-refractivity contribution in [2.45, 2.75) is 51.5 Å². The molecule has 0 bridgehead atoms. The number of pyridine rings is 1. The average Bonchev–Trinajstić information content (AvgIpc) is 3.57.